The van der Waals surface area contributed by atoms with Crippen molar-refractivity contribution in [1.29, 1.82) is 0 Å². The molecule has 0 radical (unpaired) electrons. The van der Waals surface area contributed by atoms with E-state index in [-0.39, 0.29) is 10.9 Å². The zero-order valence-corrected chi connectivity index (χ0v) is 16.8. The van der Waals surface area contributed by atoms with E-state index in [4.69, 9.17) is 0 Å². The Morgan fingerprint density at radius 3 is 2.38 bits per heavy atom. The summed E-state index contributed by atoms with van der Waals surface area (Å²) in [6.07, 6.45) is 3.57. The van der Waals surface area contributed by atoms with Crippen molar-refractivity contribution in [3.05, 3.63) is 84.1 Å². The van der Waals surface area contributed by atoms with E-state index in [1.54, 1.807) is 28.1 Å². The van der Waals surface area contributed by atoms with E-state index in [0.29, 0.717) is 24.6 Å². The molecule has 0 saturated heterocycles. The van der Waals surface area contributed by atoms with E-state index < -0.39 is 9.84 Å². The predicted octanol–water partition coefficient (Wildman–Crippen LogP) is 3.80. The summed E-state index contributed by atoms with van der Waals surface area (Å²) in [5.74, 6) is 0.584. The molecular weight excluding hydrogens is 386 g/mol. The third-order valence-corrected chi connectivity index (χ3v) is 6.07. The van der Waals surface area contributed by atoms with Crippen LogP contribution in [0, 0.1) is 0 Å². The van der Waals surface area contributed by atoms with Crippen molar-refractivity contribution in [2.45, 2.75) is 17.9 Å². The predicted molar refractivity (Wildman–Crippen MR) is 112 cm³/mol. The van der Waals surface area contributed by atoms with Gasteiger partial charge in [-0.1, -0.05) is 36.4 Å². The van der Waals surface area contributed by atoms with Gasteiger partial charge in [0.15, 0.2) is 9.84 Å². The summed E-state index contributed by atoms with van der Waals surface area (Å²) in [5, 5.41) is 0. The standard InChI is InChI=1S/C22H21N3O3S/c1-29(27,28)20-11-9-19(10-12-20)25-21-18(8-5-14-23-21)16-24(22(25)26)15-13-17-6-3-2-4-7-17/h2-12,14H,13,15-16H2,1H3. The van der Waals surface area contributed by atoms with Crippen LogP contribution in [0.2, 0.25) is 0 Å². The maximum atomic E-state index is 13.3. The topological polar surface area (TPSA) is 70.6 Å². The van der Waals surface area contributed by atoms with E-state index in [1.165, 1.54) is 17.7 Å². The van der Waals surface area contributed by atoms with Crippen LogP contribution in [0.3, 0.4) is 0 Å². The molecule has 29 heavy (non-hydrogen) atoms. The third-order valence-electron chi connectivity index (χ3n) is 4.94. The van der Waals surface area contributed by atoms with Crippen molar-refractivity contribution in [3.8, 4) is 0 Å². The number of hydrogen-bond donors (Lipinski definition) is 0. The average Bonchev–Trinajstić information content (AvgIpc) is 2.72. The number of hydrogen-bond acceptors (Lipinski definition) is 4. The monoisotopic (exact) mass is 407 g/mol. The van der Waals surface area contributed by atoms with Crippen LogP contribution in [0.4, 0.5) is 16.3 Å². The van der Waals surface area contributed by atoms with Crippen LogP contribution >= 0.6 is 0 Å². The second-order valence-electron chi connectivity index (χ2n) is 7.03. The third kappa shape index (κ3) is 4.00. The lowest BCUT2D eigenvalue weighted by Gasteiger charge is -2.36. The van der Waals surface area contributed by atoms with Gasteiger partial charge in [-0.3, -0.25) is 0 Å². The number of urea groups is 1. The Kier molecular flexibility index (Phi) is 5.07. The molecule has 0 spiro atoms. The van der Waals surface area contributed by atoms with Gasteiger partial charge in [0.05, 0.1) is 17.1 Å². The highest BCUT2D eigenvalue weighted by molar-refractivity contribution is 7.90. The highest BCUT2D eigenvalue weighted by Crippen LogP contribution is 2.33. The molecule has 0 aliphatic carbocycles. The fraction of sp³-hybridized carbons (Fsp3) is 0.182. The maximum absolute atomic E-state index is 13.3. The van der Waals surface area contributed by atoms with E-state index in [2.05, 4.69) is 4.98 Å². The van der Waals surface area contributed by atoms with Crippen molar-refractivity contribution in [1.82, 2.24) is 9.88 Å². The highest BCUT2D eigenvalue weighted by Gasteiger charge is 2.32. The molecule has 0 fully saturated rings. The molecule has 148 valence electrons. The number of pyridine rings is 1. The Balaban J connectivity index is 1.65. The Hall–Kier alpha value is -3.19. The molecule has 0 N–H and O–H groups in total. The molecule has 0 saturated carbocycles. The number of amides is 2. The first-order valence-corrected chi connectivity index (χ1v) is 11.2. The van der Waals surface area contributed by atoms with E-state index in [9.17, 15) is 13.2 Å². The normalized spacial score (nSPS) is 14.0. The van der Waals surface area contributed by atoms with Crippen LogP contribution in [0.15, 0.2) is 77.8 Å². The average molecular weight is 407 g/mol. The van der Waals surface area contributed by atoms with Gasteiger partial charge in [-0.05, 0) is 42.3 Å². The quantitative estimate of drug-likeness (QED) is 0.645. The van der Waals surface area contributed by atoms with Crippen molar-refractivity contribution < 1.29 is 13.2 Å². The van der Waals surface area contributed by atoms with Gasteiger partial charge in [0.1, 0.15) is 5.82 Å². The van der Waals surface area contributed by atoms with E-state index in [0.717, 1.165) is 18.2 Å². The number of aromatic nitrogens is 1. The second kappa shape index (κ2) is 7.67. The first kappa shape index (κ1) is 19.1. The summed E-state index contributed by atoms with van der Waals surface area (Å²) >= 11 is 0. The maximum Gasteiger partial charge on any atom is 0.330 e. The van der Waals surface area contributed by atoms with Gasteiger partial charge < -0.3 is 4.90 Å². The summed E-state index contributed by atoms with van der Waals surface area (Å²) < 4.78 is 23.5. The van der Waals surface area contributed by atoms with Crippen molar-refractivity contribution in [2.24, 2.45) is 0 Å². The second-order valence-corrected chi connectivity index (χ2v) is 9.04. The van der Waals surface area contributed by atoms with Crippen molar-refractivity contribution in [3.63, 3.8) is 0 Å². The van der Waals surface area contributed by atoms with Crippen LogP contribution in [-0.2, 0) is 22.8 Å². The molecule has 6 nitrogen and oxygen atoms in total. The van der Waals surface area contributed by atoms with Gasteiger partial charge in [-0.2, -0.15) is 0 Å². The summed E-state index contributed by atoms with van der Waals surface area (Å²) in [7, 11) is -3.30. The lowest BCUT2D eigenvalue weighted by atomic mass is 10.1. The number of sulfone groups is 1. The molecule has 2 aromatic carbocycles. The summed E-state index contributed by atoms with van der Waals surface area (Å²) in [6, 6.07) is 20.0. The van der Waals surface area contributed by atoms with Crippen LogP contribution in [0.1, 0.15) is 11.1 Å². The Morgan fingerprint density at radius 2 is 1.69 bits per heavy atom. The Morgan fingerprint density at radius 1 is 0.966 bits per heavy atom. The number of carbonyl (C=O) groups is 1. The minimum absolute atomic E-state index is 0.167. The number of nitrogens with zero attached hydrogens (tertiary/aromatic N) is 3. The van der Waals surface area contributed by atoms with Crippen LogP contribution < -0.4 is 4.90 Å². The Bertz CT molecular complexity index is 1130. The van der Waals surface area contributed by atoms with Gasteiger partial charge in [0, 0.05) is 24.6 Å². The number of anilines is 2. The first-order chi connectivity index (χ1) is 13.9. The zero-order chi connectivity index (χ0) is 20.4. The van der Waals surface area contributed by atoms with Crippen molar-refractivity contribution >= 4 is 27.4 Å². The van der Waals surface area contributed by atoms with Crippen LogP contribution in [0.25, 0.3) is 0 Å². The molecule has 3 aromatic rings. The van der Waals surface area contributed by atoms with Crippen LogP contribution in [-0.4, -0.2) is 37.1 Å². The molecule has 0 atom stereocenters. The molecule has 2 amide bonds. The van der Waals surface area contributed by atoms with E-state index in [1.807, 2.05) is 42.5 Å². The summed E-state index contributed by atoms with van der Waals surface area (Å²) in [4.78, 5) is 21.3. The van der Waals surface area contributed by atoms with Gasteiger partial charge in [-0.15, -0.1) is 0 Å². The molecule has 1 aromatic heterocycles. The first-order valence-electron chi connectivity index (χ1n) is 9.30. The molecule has 7 heteroatoms. The lowest BCUT2D eigenvalue weighted by Crippen LogP contribution is -2.45. The smallest absolute Gasteiger partial charge is 0.319 e. The number of fused-ring (bicyclic) bond motifs is 1. The minimum atomic E-state index is -3.30. The number of benzene rings is 2. The lowest BCUT2D eigenvalue weighted by molar-refractivity contribution is 0.201. The number of carbonyl (C=O) groups excluding carboxylic acids is 1. The van der Waals surface area contributed by atoms with Gasteiger partial charge in [0.25, 0.3) is 0 Å². The molecule has 1 aliphatic heterocycles. The number of rotatable bonds is 5. The van der Waals surface area contributed by atoms with E-state index >= 15 is 0 Å². The van der Waals surface area contributed by atoms with Crippen LogP contribution in [0.5, 0.6) is 0 Å². The van der Waals surface area contributed by atoms with Gasteiger partial charge in [-0.25, -0.2) is 23.1 Å². The molecule has 0 bridgehead atoms. The fourth-order valence-electron chi connectivity index (χ4n) is 3.42. The summed E-state index contributed by atoms with van der Waals surface area (Å²) in [6.45, 7) is 1.07. The highest BCUT2D eigenvalue weighted by atomic mass is 32.2. The molecular formula is C22H21N3O3S. The molecule has 0 unspecified atom stereocenters. The fourth-order valence-corrected chi connectivity index (χ4v) is 4.05. The minimum Gasteiger partial charge on any atom is -0.319 e. The molecule has 1 aliphatic rings. The van der Waals surface area contributed by atoms with Crippen molar-refractivity contribution in [2.75, 3.05) is 17.7 Å². The van der Waals surface area contributed by atoms with Gasteiger partial charge >= 0.3 is 6.03 Å². The Labute approximate surface area is 170 Å². The summed E-state index contributed by atoms with van der Waals surface area (Å²) in [5.41, 5.74) is 2.71. The SMILES string of the molecule is CS(=O)(=O)c1ccc(N2C(=O)N(CCc3ccccc3)Cc3cccnc32)cc1. The van der Waals surface area contributed by atoms with Gasteiger partial charge in [0.2, 0.25) is 0 Å². The zero-order valence-electron chi connectivity index (χ0n) is 16.0. The molecule has 4 rings (SSSR count). The largest absolute Gasteiger partial charge is 0.330 e. The molecule has 2 heterocycles.